The molecule has 0 aliphatic heterocycles. The number of rotatable bonds is 3. The van der Waals surface area contributed by atoms with Crippen molar-refractivity contribution in [3.63, 3.8) is 0 Å². The number of halogens is 2. The molecule has 19 heavy (non-hydrogen) atoms. The van der Waals surface area contributed by atoms with Gasteiger partial charge in [-0.1, -0.05) is 23.2 Å². The fourth-order valence-electron chi connectivity index (χ4n) is 1.50. The molecule has 0 atom stereocenters. The van der Waals surface area contributed by atoms with E-state index in [1.165, 1.54) is 0 Å². The maximum absolute atomic E-state index is 5.83. The Morgan fingerprint density at radius 1 is 0.947 bits per heavy atom. The predicted octanol–water partition coefficient (Wildman–Crippen LogP) is 4.09. The molecule has 2 rings (SSSR count). The van der Waals surface area contributed by atoms with Gasteiger partial charge in [-0.05, 0) is 48.5 Å². The van der Waals surface area contributed by atoms with Gasteiger partial charge in [0.25, 0.3) is 0 Å². The maximum Gasteiger partial charge on any atom is 0.120 e. The molecular formula is C14H13Cl2N3. The van der Waals surface area contributed by atoms with E-state index in [1.807, 2.05) is 24.3 Å². The Labute approximate surface area is 122 Å². The van der Waals surface area contributed by atoms with Crippen LogP contribution in [0.15, 0.2) is 53.5 Å². The standard InChI is InChI=1S/C14H13Cl2N3/c15-10-1-5-12(6-2-10)18-14(9-17)19-13-7-3-11(16)4-8-13/h1-8H,9,17H2,(H,18,19). The Kier molecular flexibility index (Phi) is 4.80. The first-order valence-corrected chi connectivity index (χ1v) is 6.49. The van der Waals surface area contributed by atoms with E-state index in [1.54, 1.807) is 24.3 Å². The molecule has 2 aromatic rings. The van der Waals surface area contributed by atoms with E-state index >= 15 is 0 Å². The zero-order valence-corrected chi connectivity index (χ0v) is 11.6. The molecule has 98 valence electrons. The van der Waals surface area contributed by atoms with Gasteiger partial charge in [0.2, 0.25) is 0 Å². The van der Waals surface area contributed by atoms with Crippen molar-refractivity contribution >= 4 is 40.4 Å². The highest BCUT2D eigenvalue weighted by Crippen LogP contribution is 2.17. The summed E-state index contributed by atoms with van der Waals surface area (Å²) < 4.78 is 0. The van der Waals surface area contributed by atoms with Gasteiger partial charge in [-0.15, -0.1) is 0 Å². The van der Waals surface area contributed by atoms with Crippen LogP contribution >= 0.6 is 23.2 Å². The first kappa shape index (κ1) is 13.9. The minimum absolute atomic E-state index is 0.311. The fraction of sp³-hybridized carbons (Fsp3) is 0.0714. The zero-order valence-electron chi connectivity index (χ0n) is 10.1. The average Bonchev–Trinajstić information content (AvgIpc) is 2.43. The van der Waals surface area contributed by atoms with E-state index in [4.69, 9.17) is 28.9 Å². The summed E-state index contributed by atoms with van der Waals surface area (Å²) in [6, 6.07) is 14.6. The number of nitrogens with zero attached hydrogens (tertiary/aromatic N) is 1. The lowest BCUT2D eigenvalue weighted by molar-refractivity contribution is 1.27. The number of amidine groups is 1. The molecule has 3 nitrogen and oxygen atoms in total. The first-order chi connectivity index (χ1) is 9.17. The lowest BCUT2D eigenvalue weighted by Gasteiger charge is -2.08. The van der Waals surface area contributed by atoms with E-state index in [9.17, 15) is 0 Å². The van der Waals surface area contributed by atoms with Gasteiger partial charge >= 0.3 is 0 Å². The summed E-state index contributed by atoms with van der Waals surface area (Å²) in [5.74, 6) is 0.671. The summed E-state index contributed by atoms with van der Waals surface area (Å²) in [7, 11) is 0. The van der Waals surface area contributed by atoms with E-state index in [0.717, 1.165) is 11.4 Å². The maximum atomic E-state index is 5.83. The van der Waals surface area contributed by atoms with Gasteiger partial charge in [-0.2, -0.15) is 0 Å². The summed E-state index contributed by atoms with van der Waals surface area (Å²) >= 11 is 11.7. The van der Waals surface area contributed by atoms with Crippen LogP contribution in [0.3, 0.4) is 0 Å². The highest BCUT2D eigenvalue weighted by atomic mass is 35.5. The van der Waals surface area contributed by atoms with Crippen LogP contribution in [-0.2, 0) is 0 Å². The second-order valence-corrected chi connectivity index (χ2v) is 4.74. The summed E-state index contributed by atoms with van der Waals surface area (Å²) in [4.78, 5) is 4.42. The highest BCUT2D eigenvalue weighted by molar-refractivity contribution is 6.30. The van der Waals surface area contributed by atoms with Crippen molar-refractivity contribution in [1.82, 2.24) is 0 Å². The van der Waals surface area contributed by atoms with Gasteiger partial charge in [0.15, 0.2) is 0 Å². The third-order valence-electron chi connectivity index (χ3n) is 2.42. The number of nitrogens with one attached hydrogen (secondary N) is 1. The van der Waals surface area contributed by atoms with Crippen LogP contribution in [0.5, 0.6) is 0 Å². The first-order valence-electron chi connectivity index (χ1n) is 5.73. The molecule has 0 spiro atoms. The van der Waals surface area contributed by atoms with E-state index in [0.29, 0.717) is 22.4 Å². The fourth-order valence-corrected chi connectivity index (χ4v) is 1.75. The number of anilines is 1. The molecule has 3 N–H and O–H groups in total. The van der Waals surface area contributed by atoms with Crippen molar-refractivity contribution in [2.45, 2.75) is 0 Å². The molecule has 5 heteroatoms. The van der Waals surface area contributed by atoms with E-state index in [2.05, 4.69) is 10.3 Å². The molecule has 0 aromatic heterocycles. The van der Waals surface area contributed by atoms with Gasteiger partial charge < -0.3 is 11.1 Å². The van der Waals surface area contributed by atoms with Crippen LogP contribution in [0.2, 0.25) is 10.0 Å². The van der Waals surface area contributed by atoms with Crippen molar-refractivity contribution in [1.29, 1.82) is 0 Å². The Bertz CT molecular complexity index is 562. The van der Waals surface area contributed by atoms with Gasteiger partial charge in [0, 0.05) is 15.7 Å². The molecular weight excluding hydrogens is 281 g/mol. The second kappa shape index (κ2) is 6.57. The average molecular weight is 294 g/mol. The SMILES string of the molecule is NCC(=Nc1ccc(Cl)cc1)Nc1ccc(Cl)cc1. The Balaban J connectivity index is 2.15. The molecule has 0 fully saturated rings. The van der Waals surface area contributed by atoms with Crippen LogP contribution in [0.4, 0.5) is 11.4 Å². The van der Waals surface area contributed by atoms with Crippen LogP contribution in [0, 0.1) is 0 Å². The molecule has 0 amide bonds. The minimum Gasteiger partial charge on any atom is -0.343 e. The monoisotopic (exact) mass is 293 g/mol. The second-order valence-electron chi connectivity index (χ2n) is 3.87. The number of nitrogens with two attached hydrogens (primary N) is 1. The summed E-state index contributed by atoms with van der Waals surface area (Å²) in [6.45, 7) is 0.311. The third kappa shape index (κ3) is 4.24. The lowest BCUT2D eigenvalue weighted by Crippen LogP contribution is -2.22. The van der Waals surface area contributed by atoms with Crippen LogP contribution in [0.25, 0.3) is 0 Å². The normalized spacial score (nSPS) is 11.4. The molecule has 0 aliphatic carbocycles. The number of aliphatic imine (C=N–C) groups is 1. The third-order valence-corrected chi connectivity index (χ3v) is 2.92. The topological polar surface area (TPSA) is 50.4 Å². The van der Waals surface area contributed by atoms with Crippen molar-refractivity contribution in [3.05, 3.63) is 58.6 Å². The molecule has 0 unspecified atom stereocenters. The van der Waals surface area contributed by atoms with E-state index < -0.39 is 0 Å². The minimum atomic E-state index is 0.311. The van der Waals surface area contributed by atoms with Gasteiger partial charge in [0.1, 0.15) is 5.84 Å². The lowest BCUT2D eigenvalue weighted by atomic mass is 10.3. The number of hydrogen-bond acceptors (Lipinski definition) is 2. The smallest absolute Gasteiger partial charge is 0.120 e. The van der Waals surface area contributed by atoms with Gasteiger partial charge in [-0.25, -0.2) is 4.99 Å². The van der Waals surface area contributed by atoms with Crippen molar-refractivity contribution in [2.24, 2.45) is 10.7 Å². The zero-order chi connectivity index (χ0) is 13.7. The summed E-state index contributed by atoms with van der Waals surface area (Å²) in [5, 5.41) is 4.52. The van der Waals surface area contributed by atoms with Crippen molar-refractivity contribution in [2.75, 3.05) is 11.9 Å². The molecule has 0 saturated heterocycles. The molecule has 0 bridgehead atoms. The molecule has 2 aromatic carbocycles. The number of benzene rings is 2. The van der Waals surface area contributed by atoms with Gasteiger partial charge in [0.05, 0.1) is 12.2 Å². The quantitative estimate of drug-likeness (QED) is 0.661. The molecule has 0 saturated carbocycles. The van der Waals surface area contributed by atoms with Crippen molar-refractivity contribution in [3.8, 4) is 0 Å². The predicted molar refractivity (Wildman–Crippen MR) is 82.7 cm³/mol. The van der Waals surface area contributed by atoms with Crippen LogP contribution in [-0.4, -0.2) is 12.4 Å². The molecule has 0 heterocycles. The Morgan fingerprint density at radius 3 is 2.00 bits per heavy atom. The molecule has 0 radical (unpaired) electrons. The Morgan fingerprint density at radius 2 is 1.47 bits per heavy atom. The van der Waals surface area contributed by atoms with Crippen LogP contribution < -0.4 is 11.1 Å². The highest BCUT2D eigenvalue weighted by Gasteiger charge is 1.99. The van der Waals surface area contributed by atoms with Crippen LogP contribution in [0.1, 0.15) is 0 Å². The summed E-state index contributed by atoms with van der Waals surface area (Å²) in [5.41, 5.74) is 7.37. The Hall–Kier alpha value is -1.55. The van der Waals surface area contributed by atoms with E-state index in [-0.39, 0.29) is 0 Å². The van der Waals surface area contributed by atoms with Gasteiger partial charge in [-0.3, -0.25) is 0 Å². The number of hydrogen-bond donors (Lipinski definition) is 2. The largest absolute Gasteiger partial charge is 0.343 e. The van der Waals surface area contributed by atoms with Crippen molar-refractivity contribution < 1.29 is 0 Å². The molecule has 0 aliphatic rings. The summed E-state index contributed by atoms with van der Waals surface area (Å²) in [6.07, 6.45) is 0.